The molecule has 3 amide bonds. The van der Waals surface area contributed by atoms with Gasteiger partial charge in [0.25, 0.3) is 0 Å². The highest BCUT2D eigenvalue weighted by Gasteiger charge is 2.39. The number of amides is 3. The van der Waals surface area contributed by atoms with Crippen molar-refractivity contribution in [2.45, 2.75) is 51.5 Å². The average molecular weight is 336 g/mol. The molecule has 6 nitrogen and oxygen atoms in total. The molecule has 1 saturated carbocycles. The van der Waals surface area contributed by atoms with E-state index in [9.17, 15) is 9.59 Å². The van der Waals surface area contributed by atoms with E-state index in [-0.39, 0.29) is 12.1 Å². The Hall–Kier alpha value is -1.30. The Labute approximate surface area is 145 Å². The quantitative estimate of drug-likeness (QED) is 0.847. The number of nitrogens with one attached hydrogen (secondary N) is 1. The van der Waals surface area contributed by atoms with Crippen molar-refractivity contribution in [3.8, 4) is 0 Å². The molecule has 1 N–H and O–H groups in total. The van der Waals surface area contributed by atoms with Crippen molar-refractivity contribution in [2.75, 3.05) is 45.8 Å². The van der Waals surface area contributed by atoms with Crippen LogP contribution in [-0.2, 0) is 4.79 Å². The number of hydrogen-bond acceptors (Lipinski definition) is 3. The molecular formula is C18H32N4O2. The maximum absolute atomic E-state index is 13.1. The van der Waals surface area contributed by atoms with Crippen LogP contribution < -0.4 is 5.32 Å². The molecule has 0 radical (unpaired) electrons. The number of urea groups is 1. The van der Waals surface area contributed by atoms with Crippen LogP contribution in [0.4, 0.5) is 4.79 Å². The van der Waals surface area contributed by atoms with Crippen LogP contribution in [0.3, 0.4) is 0 Å². The van der Waals surface area contributed by atoms with Gasteiger partial charge in [0.2, 0.25) is 5.91 Å². The number of carbonyl (C=O) groups excluding carboxylic acids is 2. The van der Waals surface area contributed by atoms with Gasteiger partial charge in [0.15, 0.2) is 0 Å². The van der Waals surface area contributed by atoms with Crippen LogP contribution in [0.25, 0.3) is 0 Å². The summed E-state index contributed by atoms with van der Waals surface area (Å²) in [5.41, 5.74) is 0. The fourth-order valence-electron chi connectivity index (χ4n) is 4.52. The number of piperazine rings is 1. The molecule has 2 heterocycles. The number of nitrogens with zero attached hydrogens (tertiary/aromatic N) is 3. The molecule has 0 bridgehead atoms. The molecule has 3 rings (SSSR count). The fraction of sp³-hybridized carbons (Fsp3) is 0.889. The fourth-order valence-corrected chi connectivity index (χ4v) is 4.52. The Morgan fingerprint density at radius 1 is 0.917 bits per heavy atom. The minimum absolute atomic E-state index is 0.0282. The predicted molar refractivity (Wildman–Crippen MR) is 93.8 cm³/mol. The standard InChI is InChI=1S/C18H32N4O2/c1-2-19-18(24)22-13-11-20(12-14-22)16(15-7-3-4-8-15)17(23)21-9-5-6-10-21/h15-16H,2-14H2,1H3,(H,19,24). The van der Waals surface area contributed by atoms with E-state index in [1.54, 1.807) is 0 Å². The largest absolute Gasteiger partial charge is 0.341 e. The first-order valence-corrected chi connectivity index (χ1v) is 9.76. The molecule has 0 aromatic heterocycles. The van der Waals surface area contributed by atoms with Gasteiger partial charge in [-0.25, -0.2) is 4.79 Å². The lowest BCUT2D eigenvalue weighted by molar-refractivity contribution is -0.138. The van der Waals surface area contributed by atoms with Crippen molar-refractivity contribution in [1.29, 1.82) is 0 Å². The molecule has 3 fully saturated rings. The summed E-state index contributed by atoms with van der Waals surface area (Å²) in [6.07, 6.45) is 7.17. The van der Waals surface area contributed by atoms with E-state index < -0.39 is 0 Å². The van der Waals surface area contributed by atoms with Gasteiger partial charge in [-0.2, -0.15) is 0 Å². The van der Waals surface area contributed by atoms with Crippen molar-refractivity contribution in [3.63, 3.8) is 0 Å². The monoisotopic (exact) mass is 336 g/mol. The summed E-state index contributed by atoms with van der Waals surface area (Å²) in [6.45, 7) is 7.55. The Morgan fingerprint density at radius 3 is 2.12 bits per heavy atom. The van der Waals surface area contributed by atoms with Crippen LogP contribution in [0.5, 0.6) is 0 Å². The van der Waals surface area contributed by atoms with Gasteiger partial charge in [-0.05, 0) is 38.5 Å². The number of likely N-dealkylation sites (tertiary alicyclic amines) is 1. The first-order valence-electron chi connectivity index (χ1n) is 9.76. The van der Waals surface area contributed by atoms with Crippen molar-refractivity contribution in [1.82, 2.24) is 20.0 Å². The predicted octanol–water partition coefficient (Wildman–Crippen LogP) is 1.51. The van der Waals surface area contributed by atoms with Gasteiger partial charge in [0, 0.05) is 45.8 Å². The van der Waals surface area contributed by atoms with Crippen molar-refractivity contribution in [2.24, 2.45) is 5.92 Å². The van der Waals surface area contributed by atoms with Gasteiger partial charge in [-0.3, -0.25) is 9.69 Å². The zero-order chi connectivity index (χ0) is 16.9. The number of hydrogen-bond donors (Lipinski definition) is 1. The molecular weight excluding hydrogens is 304 g/mol. The third kappa shape index (κ3) is 3.85. The van der Waals surface area contributed by atoms with E-state index >= 15 is 0 Å². The molecule has 24 heavy (non-hydrogen) atoms. The Balaban J connectivity index is 1.63. The average Bonchev–Trinajstić information content (AvgIpc) is 3.30. The number of carbonyl (C=O) groups is 2. The number of rotatable bonds is 4. The maximum Gasteiger partial charge on any atom is 0.317 e. The SMILES string of the molecule is CCNC(=O)N1CCN(C(C(=O)N2CCCC2)C2CCCC2)CC1. The Morgan fingerprint density at radius 2 is 1.54 bits per heavy atom. The van der Waals surface area contributed by atoms with Gasteiger partial charge in [0.1, 0.15) is 0 Å². The van der Waals surface area contributed by atoms with E-state index in [1.165, 1.54) is 25.7 Å². The molecule has 2 aliphatic heterocycles. The third-order valence-corrected chi connectivity index (χ3v) is 5.84. The highest BCUT2D eigenvalue weighted by atomic mass is 16.2. The van der Waals surface area contributed by atoms with Crippen LogP contribution >= 0.6 is 0 Å². The zero-order valence-electron chi connectivity index (χ0n) is 15.0. The molecule has 2 saturated heterocycles. The van der Waals surface area contributed by atoms with Crippen LogP contribution in [0.2, 0.25) is 0 Å². The van der Waals surface area contributed by atoms with Gasteiger partial charge in [-0.15, -0.1) is 0 Å². The molecule has 0 spiro atoms. The van der Waals surface area contributed by atoms with E-state index in [1.807, 2.05) is 11.8 Å². The molecule has 1 aliphatic carbocycles. The smallest absolute Gasteiger partial charge is 0.317 e. The third-order valence-electron chi connectivity index (χ3n) is 5.84. The molecule has 3 aliphatic rings. The van der Waals surface area contributed by atoms with Crippen LogP contribution in [0, 0.1) is 5.92 Å². The molecule has 0 aromatic carbocycles. The molecule has 1 atom stereocenters. The maximum atomic E-state index is 13.1. The van der Waals surface area contributed by atoms with Crippen LogP contribution in [-0.4, -0.2) is 78.5 Å². The summed E-state index contributed by atoms with van der Waals surface area (Å²) >= 11 is 0. The van der Waals surface area contributed by atoms with Gasteiger partial charge < -0.3 is 15.1 Å². The first kappa shape index (κ1) is 17.5. The van der Waals surface area contributed by atoms with Crippen LogP contribution in [0.15, 0.2) is 0 Å². The van der Waals surface area contributed by atoms with Crippen molar-refractivity contribution >= 4 is 11.9 Å². The van der Waals surface area contributed by atoms with Crippen molar-refractivity contribution < 1.29 is 9.59 Å². The Kier molecular flexibility index (Phi) is 5.98. The second-order valence-electron chi connectivity index (χ2n) is 7.38. The summed E-state index contributed by atoms with van der Waals surface area (Å²) in [7, 11) is 0. The Bertz CT molecular complexity index is 436. The highest BCUT2D eigenvalue weighted by molar-refractivity contribution is 5.82. The van der Waals surface area contributed by atoms with Gasteiger partial charge in [-0.1, -0.05) is 12.8 Å². The molecule has 1 unspecified atom stereocenters. The topological polar surface area (TPSA) is 55.9 Å². The van der Waals surface area contributed by atoms with Crippen LogP contribution in [0.1, 0.15) is 45.4 Å². The van der Waals surface area contributed by atoms with E-state index in [2.05, 4.69) is 15.1 Å². The highest BCUT2D eigenvalue weighted by Crippen LogP contribution is 2.32. The zero-order valence-corrected chi connectivity index (χ0v) is 15.0. The van der Waals surface area contributed by atoms with E-state index in [4.69, 9.17) is 0 Å². The lowest BCUT2D eigenvalue weighted by Crippen LogP contribution is -2.59. The molecule has 6 heteroatoms. The van der Waals surface area contributed by atoms with Gasteiger partial charge >= 0.3 is 6.03 Å². The summed E-state index contributed by atoms with van der Waals surface area (Å²) < 4.78 is 0. The summed E-state index contributed by atoms with van der Waals surface area (Å²) in [5.74, 6) is 0.861. The minimum atomic E-state index is 0.0282. The molecule has 0 aromatic rings. The van der Waals surface area contributed by atoms with E-state index in [0.717, 1.165) is 52.1 Å². The summed E-state index contributed by atoms with van der Waals surface area (Å²) in [5, 5.41) is 2.88. The normalized spacial score (nSPS) is 24.4. The first-order chi connectivity index (χ1) is 11.7. The lowest BCUT2D eigenvalue weighted by atomic mass is 9.94. The second-order valence-corrected chi connectivity index (χ2v) is 7.38. The van der Waals surface area contributed by atoms with Crippen molar-refractivity contribution in [3.05, 3.63) is 0 Å². The minimum Gasteiger partial charge on any atom is -0.341 e. The second kappa shape index (κ2) is 8.19. The summed E-state index contributed by atoms with van der Waals surface area (Å²) in [4.78, 5) is 31.5. The molecule has 136 valence electrons. The lowest BCUT2D eigenvalue weighted by Gasteiger charge is -2.41. The van der Waals surface area contributed by atoms with Gasteiger partial charge in [0.05, 0.1) is 6.04 Å². The van der Waals surface area contributed by atoms with E-state index in [0.29, 0.717) is 18.4 Å². The summed E-state index contributed by atoms with van der Waals surface area (Å²) in [6, 6.07) is 0.0717.